The van der Waals surface area contributed by atoms with Crippen LogP contribution in [0.3, 0.4) is 0 Å². The van der Waals surface area contributed by atoms with Crippen LogP contribution < -0.4 is 5.32 Å². The second-order valence-corrected chi connectivity index (χ2v) is 6.53. The SMILES string of the molecule is CN=C(NCCCn1nc(C)cc1C)N(C)Cc1ccc(C(F)(F)F)cc1.I. The molecule has 0 bridgehead atoms. The largest absolute Gasteiger partial charge is 0.416 e. The number of guanidine groups is 1. The zero-order chi connectivity index (χ0) is 20.0. The Morgan fingerprint density at radius 1 is 1.21 bits per heavy atom. The molecule has 0 spiro atoms. The Balaban J connectivity index is 0.00000392. The van der Waals surface area contributed by atoms with Crippen LogP contribution in [0.4, 0.5) is 13.2 Å². The van der Waals surface area contributed by atoms with Crippen LogP contribution in [0, 0.1) is 13.8 Å². The molecule has 0 atom stereocenters. The van der Waals surface area contributed by atoms with Gasteiger partial charge in [0.1, 0.15) is 0 Å². The van der Waals surface area contributed by atoms with Crippen molar-refractivity contribution in [3.05, 3.63) is 52.8 Å². The topological polar surface area (TPSA) is 45.5 Å². The van der Waals surface area contributed by atoms with Crippen molar-refractivity contribution in [2.45, 2.75) is 39.5 Å². The van der Waals surface area contributed by atoms with E-state index in [4.69, 9.17) is 0 Å². The maximum Gasteiger partial charge on any atom is 0.416 e. The van der Waals surface area contributed by atoms with Crippen molar-refractivity contribution in [2.75, 3.05) is 20.6 Å². The summed E-state index contributed by atoms with van der Waals surface area (Å²) in [4.78, 5) is 6.12. The number of nitrogens with one attached hydrogen (secondary N) is 1. The van der Waals surface area contributed by atoms with Crippen LogP contribution in [0.5, 0.6) is 0 Å². The van der Waals surface area contributed by atoms with Gasteiger partial charge in [0, 0.05) is 39.4 Å². The molecule has 1 heterocycles. The van der Waals surface area contributed by atoms with Gasteiger partial charge in [-0.3, -0.25) is 9.67 Å². The third-order valence-electron chi connectivity index (χ3n) is 4.21. The first-order chi connectivity index (χ1) is 12.7. The van der Waals surface area contributed by atoms with E-state index in [1.807, 2.05) is 36.5 Å². The number of alkyl halides is 3. The molecule has 9 heteroatoms. The lowest BCUT2D eigenvalue weighted by molar-refractivity contribution is -0.137. The summed E-state index contributed by atoms with van der Waals surface area (Å²) in [6, 6.07) is 7.25. The first-order valence-corrected chi connectivity index (χ1v) is 8.79. The second kappa shape index (κ2) is 10.7. The van der Waals surface area contributed by atoms with E-state index in [2.05, 4.69) is 15.4 Å². The van der Waals surface area contributed by atoms with E-state index in [-0.39, 0.29) is 24.0 Å². The van der Waals surface area contributed by atoms with E-state index in [1.165, 1.54) is 12.1 Å². The third-order valence-corrected chi connectivity index (χ3v) is 4.21. The zero-order valence-electron chi connectivity index (χ0n) is 16.5. The molecule has 28 heavy (non-hydrogen) atoms. The molecule has 1 N–H and O–H groups in total. The summed E-state index contributed by atoms with van der Waals surface area (Å²) in [5.41, 5.74) is 2.29. The van der Waals surface area contributed by atoms with Crippen LogP contribution in [-0.4, -0.2) is 41.3 Å². The molecular weight excluding hydrogens is 482 g/mol. The van der Waals surface area contributed by atoms with E-state index in [1.54, 1.807) is 7.05 Å². The molecule has 1 aromatic carbocycles. The molecule has 0 amide bonds. The molecule has 0 saturated carbocycles. The minimum absolute atomic E-state index is 0. The molecule has 0 aliphatic carbocycles. The molecule has 0 unspecified atom stereocenters. The lowest BCUT2D eigenvalue weighted by atomic mass is 10.1. The molecule has 156 valence electrons. The highest BCUT2D eigenvalue weighted by Crippen LogP contribution is 2.29. The molecule has 0 aliphatic rings. The van der Waals surface area contributed by atoms with Crippen molar-refractivity contribution in [3.8, 4) is 0 Å². The van der Waals surface area contributed by atoms with Crippen molar-refractivity contribution >= 4 is 29.9 Å². The van der Waals surface area contributed by atoms with Crippen LogP contribution >= 0.6 is 24.0 Å². The van der Waals surface area contributed by atoms with Crippen molar-refractivity contribution in [1.29, 1.82) is 0 Å². The summed E-state index contributed by atoms with van der Waals surface area (Å²) in [6.07, 6.45) is -3.43. The third kappa shape index (κ3) is 6.99. The van der Waals surface area contributed by atoms with Gasteiger partial charge in [0.15, 0.2) is 5.96 Å². The number of benzene rings is 1. The van der Waals surface area contributed by atoms with Crippen LogP contribution in [0.25, 0.3) is 0 Å². The van der Waals surface area contributed by atoms with E-state index >= 15 is 0 Å². The average molecular weight is 509 g/mol. The van der Waals surface area contributed by atoms with Gasteiger partial charge in [-0.05, 0) is 44.0 Å². The number of halogens is 4. The lowest BCUT2D eigenvalue weighted by Crippen LogP contribution is -2.39. The summed E-state index contributed by atoms with van der Waals surface area (Å²) >= 11 is 0. The number of nitrogens with zero attached hydrogens (tertiary/aromatic N) is 4. The number of rotatable bonds is 6. The van der Waals surface area contributed by atoms with Gasteiger partial charge in [-0.25, -0.2) is 0 Å². The lowest BCUT2D eigenvalue weighted by Gasteiger charge is -2.22. The quantitative estimate of drug-likeness (QED) is 0.275. The van der Waals surface area contributed by atoms with Crippen molar-refractivity contribution < 1.29 is 13.2 Å². The smallest absolute Gasteiger partial charge is 0.356 e. The number of aliphatic imine (C=N–C) groups is 1. The Morgan fingerprint density at radius 3 is 2.36 bits per heavy atom. The van der Waals surface area contributed by atoms with Gasteiger partial charge in [-0.1, -0.05) is 12.1 Å². The summed E-state index contributed by atoms with van der Waals surface area (Å²) in [7, 11) is 3.54. The fraction of sp³-hybridized carbons (Fsp3) is 0.474. The highest BCUT2D eigenvalue weighted by molar-refractivity contribution is 14.0. The van der Waals surface area contributed by atoms with Crippen LogP contribution in [0.15, 0.2) is 35.3 Å². The molecule has 1 aromatic heterocycles. The summed E-state index contributed by atoms with van der Waals surface area (Å²) in [5.74, 6) is 0.697. The van der Waals surface area contributed by atoms with Gasteiger partial charge >= 0.3 is 6.18 Å². The monoisotopic (exact) mass is 509 g/mol. The molecule has 0 radical (unpaired) electrons. The molecule has 2 aromatic rings. The number of hydrogen-bond donors (Lipinski definition) is 1. The molecule has 0 aliphatic heterocycles. The first kappa shape index (κ1) is 24.3. The fourth-order valence-corrected chi connectivity index (χ4v) is 2.86. The minimum Gasteiger partial charge on any atom is -0.356 e. The summed E-state index contributed by atoms with van der Waals surface area (Å²) in [6.45, 7) is 6.01. The van der Waals surface area contributed by atoms with Gasteiger partial charge in [0.05, 0.1) is 11.3 Å². The number of aromatic nitrogens is 2. The maximum absolute atomic E-state index is 12.6. The van der Waals surface area contributed by atoms with Crippen LogP contribution in [0.2, 0.25) is 0 Å². The van der Waals surface area contributed by atoms with Gasteiger partial charge in [-0.15, -0.1) is 24.0 Å². The Morgan fingerprint density at radius 2 is 1.86 bits per heavy atom. The summed E-state index contributed by atoms with van der Waals surface area (Å²) < 4.78 is 39.9. The van der Waals surface area contributed by atoms with Gasteiger partial charge < -0.3 is 10.2 Å². The average Bonchev–Trinajstić information content (AvgIpc) is 2.92. The molecule has 2 rings (SSSR count). The summed E-state index contributed by atoms with van der Waals surface area (Å²) in [5, 5.41) is 7.71. The van der Waals surface area contributed by atoms with E-state index in [9.17, 15) is 13.2 Å². The minimum atomic E-state index is -4.31. The second-order valence-electron chi connectivity index (χ2n) is 6.53. The van der Waals surface area contributed by atoms with Crippen molar-refractivity contribution in [2.24, 2.45) is 4.99 Å². The molecule has 0 saturated heterocycles. The Bertz CT molecular complexity index is 769. The van der Waals surface area contributed by atoms with Crippen LogP contribution in [-0.2, 0) is 19.3 Å². The van der Waals surface area contributed by atoms with E-state index < -0.39 is 11.7 Å². The molecule has 5 nitrogen and oxygen atoms in total. The zero-order valence-corrected chi connectivity index (χ0v) is 18.9. The molecular formula is C19H27F3IN5. The predicted molar refractivity (Wildman–Crippen MR) is 116 cm³/mol. The maximum atomic E-state index is 12.6. The van der Waals surface area contributed by atoms with Crippen molar-refractivity contribution in [1.82, 2.24) is 20.0 Å². The fourth-order valence-electron chi connectivity index (χ4n) is 2.86. The highest BCUT2D eigenvalue weighted by Gasteiger charge is 2.29. The van der Waals surface area contributed by atoms with Gasteiger partial charge in [0.25, 0.3) is 0 Å². The van der Waals surface area contributed by atoms with Crippen LogP contribution in [0.1, 0.15) is 28.9 Å². The predicted octanol–water partition coefficient (Wildman–Crippen LogP) is 4.23. The Kier molecular flexibility index (Phi) is 9.25. The first-order valence-electron chi connectivity index (χ1n) is 8.79. The number of hydrogen-bond acceptors (Lipinski definition) is 2. The van der Waals surface area contributed by atoms with E-state index in [0.29, 0.717) is 12.5 Å². The van der Waals surface area contributed by atoms with Gasteiger partial charge in [-0.2, -0.15) is 18.3 Å². The molecule has 0 fully saturated rings. The van der Waals surface area contributed by atoms with Crippen molar-refractivity contribution in [3.63, 3.8) is 0 Å². The normalized spacial score (nSPS) is 11.9. The number of aryl methyl sites for hydroxylation is 3. The Labute approximate surface area is 181 Å². The van der Waals surface area contributed by atoms with E-state index in [0.717, 1.165) is 48.6 Å². The standard InChI is InChI=1S/C19H26F3N5.HI/c1-14-12-15(2)27(25-14)11-5-10-24-18(23-3)26(4)13-16-6-8-17(9-7-16)19(20,21)22;/h6-9,12H,5,10-11,13H2,1-4H3,(H,23,24);1H. The van der Waals surface area contributed by atoms with Gasteiger partial charge in [0.2, 0.25) is 0 Å². The highest BCUT2D eigenvalue weighted by atomic mass is 127. The Hall–Kier alpha value is -1.78.